The van der Waals surface area contributed by atoms with Crippen LogP contribution in [0.15, 0.2) is 66.9 Å². The van der Waals surface area contributed by atoms with Crippen LogP contribution in [-0.4, -0.2) is 21.0 Å². The molecule has 6 nitrogen and oxygen atoms in total. The monoisotopic (exact) mass is 334 g/mol. The van der Waals surface area contributed by atoms with E-state index < -0.39 is 4.92 Å². The van der Waals surface area contributed by atoms with Crippen molar-refractivity contribution in [1.29, 1.82) is 0 Å². The van der Waals surface area contributed by atoms with Gasteiger partial charge in [-0.15, -0.1) is 0 Å². The van der Waals surface area contributed by atoms with Gasteiger partial charge in [-0.1, -0.05) is 54.6 Å². The molecule has 0 radical (unpaired) electrons. The van der Waals surface area contributed by atoms with E-state index in [0.29, 0.717) is 12.5 Å². The van der Waals surface area contributed by atoms with E-state index in [2.05, 4.69) is 10.3 Å². The van der Waals surface area contributed by atoms with E-state index in [1.165, 1.54) is 6.07 Å². The number of hydrogen-bond donors (Lipinski definition) is 1. The largest absolute Gasteiger partial charge is 0.352 e. The third kappa shape index (κ3) is 3.92. The summed E-state index contributed by atoms with van der Waals surface area (Å²) in [5, 5.41) is 14.2. The van der Waals surface area contributed by atoms with Gasteiger partial charge in [0.15, 0.2) is 0 Å². The van der Waals surface area contributed by atoms with Gasteiger partial charge in [0.1, 0.15) is 0 Å². The summed E-state index contributed by atoms with van der Waals surface area (Å²) >= 11 is 0. The summed E-state index contributed by atoms with van der Waals surface area (Å²) in [6.45, 7) is 0.633. The molecule has 0 aliphatic heterocycles. The molecule has 0 aliphatic carbocycles. The molecule has 0 saturated heterocycles. The maximum atomic E-state index is 10.9. The lowest BCUT2D eigenvalue weighted by Crippen LogP contribution is -2.05. The molecule has 0 saturated carbocycles. The summed E-state index contributed by atoms with van der Waals surface area (Å²) in [5.41, 5.74) is 2.79. The molecule has 1 aromatic heterocycles. The maximum absolute atomic E-state index is 10.9. The first-order valence-electron chi connectivity index (χ1n) is 7.87. The average Bonchev–Trinajstić information content (AvgIpc) is 3.00. The highest BCUT2D eigenvalue weighted by Gasteiger charge is 2.11. The van der Waals surface area contributed by atoms with Crippen molar-refractivity contribution in [1.82, 2.24) is 9.55 Å². The van der Waals surface area contributed by atoms with Crippen LogP contribution >= 0.6 is 0 Å². The van der Waals surface area contributed by atoms with Crippen LogP contribution < -0.4 is 5.32 Å². The molecule has 2 aromatic carbocycles. The number of nitrogens with zero attached hydrogens (tertiary/aromatic N) is 3. The number of nitro groups is 1. The number of imidazole rings is 1. The van der Waals surface area contributed by atoms with E-state index in [1.807, 2.05) is 60.2 Å². The zero-order chi connectivity index (χ0) is 17.6. The molecule has 0 aliphatic rings. The molecular weight excluding hydrogens is 316 g/mol. The number of rotatable bonds is 6. The van der Waals surface area contributed by atoms with Gasteiger partial charge < -0.3 is 9.88 Å². The Hall–Kier alpha value is -3.41. The minimum Gasteiger partial charge on any atom is -0.352 e. The molecule has 6 heteroatoms. The van der Waals surface area contributed by atoms with Crippen molar-refractivity contribution in [2.24, 2.45) is 7.05 Å². The number of benzene rings is 2. The molecule has 0 spiro atoms. The molecule has 0 atom stereocenters. The molecule has 0 unspecified atom stereocenters. The fourth-order valence-corrected chi connectivity index (χ4v) is 2.53. The van der Waals surface area contributed by atoms with Crippen LogP contribution in [0, 0.1) is 10.1 Å². The van der Waals surface area contributed by atoms with Crippen LogP contribution in [0.5, 0.6) is 0 Å². The van der Waals surface area contributed by atoms with Crippen molar-refractivity contribution in [3.8, 4) is 11.3 Å². The van der Waals surface area contributed by atoms with Gasteiger partial charge in [0.05, 0.1) is 16.8 Å². The second-order valence-electron chi connectivity index (χ2n) is 5.53. The third-order valence-electron chi connectivity index (χ3n) is 3.83. The minimum absolute atomic E-state index is 0.0685. The first-order chi connectivity index (χ1) is 12.1. The highest BCUT2D eigenvalue weighted by atomic mass is 16.6. The first-order valence-corrected chi connectivity index (χ1v) is 7.87. The summed E-state index contributed by atoms with van der Waals surface area (Å²) in [5.74, 6) is 0.708. The Kier molecular flexibility index (Phi) is 4.89. The van der Waals surface area contributed by atoms with Crippen molar-refractivity contribution < 1.29 is 4.92 Å². The predicted molar refractivity (Wildman–Crippen MR) is 99.3 cm³/mol. The molecule has 0 bridgehead atoms. The van der Waals surface area contributed by atoms with E-state index >= 15 is 0 Å². The van der Waals surface area contributed by atoms with Crippen LogP contribution in [0.25, 0.3) is 17.3 Å². The first kappa shape index (κ1) is 16.4. The number of non-ortho nitro benzene ring substituents is 1. The fourth-order valence-electron chi connectivity index (χ4n) is 2.53. The van der Waals surface area contributed by atoms with Gasteiger partial charge in [-0.2, -0.15) is 0 Å². The SMILES string of the molecule is Cn1c(-c2cccc([N+](=O)[O-])c2)cnc1NC/C=C/c1ccccc1. The Morgan fingerprint density at radius 1 is 1.20 bits per heavy atom. The van der Waals surface area contributed by atoms with Crippen molar-refractivity contribution in [2.45, 2.75) is 0 Å². The summed E-state index contributed by atoms with van der Waals surface area (Å²) in [6, 6.07) is 16.6. The lowest BCUT2D eigenvalue weighted by atomic mass is 10.1. The van der Waals surface area contributed by atoms with E-state index in [9.17, 15) is 10.1 Å². The fraction of sp³-hybridized carbons (Fsp3) is 0.105. The van der Waals surface area contributed by atoms with Crippen LogP contribution in [0.4, 0.5) is 11.6 Å². The summed E-state index contributed by atoms with van der Waals surface area (Å²) in [6.07, 6.45) is 5.77. The number of nitrogens with one attached hydrogen (secondary N) is 1. The van der Waals surface area contributed by atoms with Gasteiger partial charge in [0.25, 0.3) is 5.69 Å². The Bertz CT molecular complexity index is 901. The Morgan fingerprint density at radius 3 is 2.76 bits per heavy atom. The number of nitro benzene ring substituents is 1. The molecule has 0 fully saturated rings. The topological polar surface area (TPSA) is 73.0 Å². The Morgan fingerprint density at radius 2 is 2.00 bits per heavy atom. The molecule has 1 heterocycles. The van der Waals surface area contributed by atoms with Crippen molar-refractivity contribution >= 4 is 17.7 Å². The zero-order valence-corrected chi connectivity index (χ0v) is 13.8. The standard InChI is InChI=1S/C19H18N4O2/c1-22-18(16-10-5-11-17(13-16)23(24)25)14-21-19(22)20-12-6-9-15-7-3-2-4-8-15/h2-11,13-14H,12H2,1H3,(H,20,21)/b9-6+. The smallest absolute Gasteiger partial charge is 0.270 e. The van der Waals surface area contributed by atoms with E-state index in [4.69, 9.17) is 0 Å². The minimum atomic E-state index is -0.395. The van der Waals surface area contributed by atoms with Crippen LogP contribution in [0.2, 0.25) is 0 Å². The molecule has 25 heavy (non-hydrogen) atoms. The molecule has 126 valence electrons. The van der Waals surface area contributed by atoms with Gasteiger partial charge in [-0.3, -0.25) is 10.1 Å². The normalized spacial score (nSPS) is 10.9. The molecule has 0 amide bonds. The number of hydrogen-bond acceptors (Lipinski definition) is 4. The maximum Gasteiger partial charge on any atom is 0.270 e. The highest BCUT2D eigenvalue weighted by Crippen LogP contribution is 2.25. The quantitative estimate of drug-likeness (QED) is 0.543. The van der Waals surface area contributed by atoms with Gasteiger partial charge >= 0.3 is 0 Å². The zero-order valence-electron chi connectivity index (χ0n) is 13.8. The van der Waals surface area contributed by atoms with E-state index in [0.717, 1.165) is 16.8 Å². The Labute approximate surface area is 145 Å². The lowest BCUT2D eigenvalue weighted by Gasteiger charge is -2.07. The third-order valence-corrected chi connectivity index (χ3v) is 3.83. The lowest BCUT2D eigenvalue weighted by molar-refractivity contribution is -0.384. The number of anilines is 1. The van der Waals surface area contributed by atoms with E-state index in [-0.39, 0.29) is 5.69 Å². The predicted octanol–water partition coefficient (Wildman–Crippen LogP) is 4.12. The van der Waals surface area contributed by atoms with Crippen molar-refractivity contribution in [2.75, 3.05) is 11.9 Å². The number of aromatic nitrogens is 2. The Balaban J connectivity index is 1.70. The average molecular weight is 334 g/mol. The van der Waals surface area contributed by atoms with Crippen molar-refractivity contribution in [3.05, 3.63) is 82.5 Å². The second-order valence-corrected chi connectivity index (χ2v) is 5.53. The van der Waals surface area contributed by atoms with Gasteiger partial charge in [0.2, 0.25) is 5.95 Å². The molecular formula is C19H18N4O2. The highest BCUT2D eigenvalue weighted by molar-refractivity contribution is 5.64. The molecule has 3 aromatic rings. The second kappa shape index (κ2) is 7.44. The van der Waals surface area contributed by atoms with Gasteiger partial charge in [0, 0.05) is 31.3 Å². The summed E-state index contributed by atoms with van der Waals surface area (Å²) < 4.78 is 1.88. The van der Waals surface area contributed by atoms with Gasteiger partial charge in [-0.25, -0.2) is 4.98 Å². The van der Waals surface area contributed by atoms with Crippen LogP contribution in [0.1, 0.15) is 5.56 Å². The van der Waals surface area contributed by atoms with Crippen LogP contribution in [-0.2, 0) is 7.05 Å². The van der Waals surface area contributed by atoms with Crippen molar-refractivity contribution in [3.63, 3.8) is 0 Å². The summed E-state index contributed by atoms with van der Waals surface area (Å²) in [7, 11) is 1.88. The molecule has 1 N–H and O–H groups in total. The van der Waals surface area contributed by atoms with E-state index in [1.54, 1.807) is 18.3 Å². The van der Waals surface area contributed by atoms with Crippen LogP contribution in [0.3, 0.4) is 0 Å². The molecule has 3 rings (SSSR count). The summed E-state index contributed by atoms with van der Waals surface area (Å²) in [4.78, 5) is 14.9. The van der Waals surface area contributed by atoms with Gasteiger partial charge in [-0.05, 0) is 5.56 Å².